The van der Waals surface area contributed by atoms with Crippen molar-refractivity contribution in [3.05, 3.63) is 90.7 Å². The number of carboxylic acids is 1. The summed E-state index contributed by atoms with van der Waals surface area (Å²) in [5.74, 6) is -3.54. The Morgan fingerprint density at radius 2 is 1.68 bits per heavy atom. The molecule has 0 radical (unpaired) electrons. The lowest BCUT2D eigenvalue weighted by molar-refractivity contribution is -0.385. The largest absolute Gasteiger partial charge is 0.476 e. The van der Waals surface area contributed by atoms with Gasteiger partial charge in [-0.1, -0.05) is 34.8 Å². The van der Waals surface area contributed by atoms with Gasteiger partial charge in [0.25, 0.3) is 5.69 Å². The van der Waals surface area contributed by atoms with E-state index in [9.17, 15) is 37.7 Å². The van der Waals surface area contributed by atoms with E-state index in [2.05, 4.69) is 9.72 Å². The van der Waals surface area contributed by atoms with Crippen LogP contribution in [0.4, 0.5) is 18.9 Å². The van der Waals surface area contributed by atoms with E-state index >= 15 is 0 Å². The highest BCUT2D eigenvalue weighted by Crippen LogP contribution is 2.37. The maximum Gasteiger partial charge on any atom is 0.416 e. The zero-order chi connectivity index (χ0) is 30.9. The SMILES string of the molecule is CCOC(=O)COC(=O)c1cc(Oc2ccc(C(F)(F)F)cc2Cl)ccc1[N+](=O)[O-].O=C(O)c1nc(Cl)ccc1Cl. The topological polar surface area (TPSA) is 155 Å². The summed E-state index contributed by atoms with van der Waals surface area (Å²) in [6, 6.07) is 8.17. The molecule has 0 unspecified atom stereocenters. The molecule has 0 aliphatic rings. The van der Waals surface area contributed by atoms with Crippen molar-refractivity contribution in [3.63, 3.8) is 0 Å². The van der Waals surface area contributed by atoms with Crippen LogP contribution in [0.3, 0.4) is 0 Å². The van der Waals surface area contributed by atoms with Crippen LogP contribution in [0.15, 0.2) is 48.5 Å². The molecule has 41 heavy (non-hydrogen) atoms. The van der Waals surface area contributed by atoms with Crippen LogP contribution in [-0.2, 0) is 20.4 Å². The quantitative estimate of drug-likeness (QED) is 0.119. The van der Waals surface area contributed by atoms with Crippen molar-refractivity contribution >= 4 is 58.4 Å². The van der Waals surface area contributed by atoms with Gasteiger partial charge in [0, 0.05) is 12.1 Å². The van der Waals surface area contributed by atoms with Crippen molar-refractivity contribution in [3.8, 4) is 11.5 Å². The summed E-state index contributed by atoms with van der Waals surface area (Å²) < 4.78 is 52.8. The average molecular weight is 640 g/mol. The summed E-state index contributed by atoms with van der Waals surface area (Å²) >= 11 is 16.7. The van der Waals surface area contributed by atoms with Crippen LogP contribution in [0.2, 0.25) is 15.2 Å². The maximum atomic E-state index is 12.7. The van der Waals surface area contributed by atoms with Gasteiger partial charge in [-0.25, -0.2) is 19.4 Å². The highest BCUT2D eigenvalue weighted by molar-refractivity contribution is 6.34. The van der Waals surface area contributed by atoms with Crippen molar-refractivity contribution in [2.24, 2.45) is 0 Å². The number of aromatic nitrogens is 1. The van der Waals surface area contributed by atoms with Crippen molar-refractivity contribution in [1.82, 2.24) is 4.98 Å². The van der Waals surface area contributed by atoms with Crippen LogP contribution in [0, 0.1) is 10.1 Å². The fourth-order valence-electron chi connectivity index (χ4n) is 2.76. The number of nitro groups is 1. The van der Waals surface area contributed by atoms with Gasteiger partial charge < -0.3 is 19.3 Å². The minimum Gasteiger partial charge on any atom is -0.476 e. The molecule has 17 heteroatoms. The molecule has 3 rings (SSSR count). The van der Waals surface area contributed by atoms with Crippen LogP contribution < -0.4 is 4.74 Å². The molecule has 2 aromatic carbocycles. The molecule has 1 aromatic heterocycles. The number of carboxylic acid groups (broad SMARTS) is 1. The number of hydrogen-bond acceptors (Lipinski definition) is 9. The number of aromatic carboxylic acids is 1. The molecule has 1 N–H and O–H groups in total. The monoisotopic (exact) mass is 638 g/mol. The molecule has 0 saturated carbocycles. The minimum absolute atomic E-state index is 0.0493. The molecule has 0 fully saturated rings. The van der Waals surface area contributed by atoms with Gasteiger partial charge in [-0.15, -0.1) is 0 Å². The Balaban J connectivity index is 0.000000446. The zero-order valence-electron chi connectivity index (χ0n) is 20.4. The van der Waals surface area contributed by atoms with E-state index in [0.717, 1.165) is 30.3 Å². The third kappa shape index (κ3) is 9.77. The first kappa shape index (κ1) is 33.1. The Kier molecular flexibility index (Phi) is 11.7. The highest BCUT2D eigenvalue weighted by Gasteiger charge is 2.31. The molecular formula is C24H16Cl3F3N2O9. The lowest BCUT2D eigenvalue weighted by Gasteiger charge is -2.12. The molecule has 0 aliphatic heterocycles. The van der Waals surface area contributed by atoms with Gasteiger partial charge in [-0.05, 0) is 43.3 Å². The highest BCUT2D eigenvalue weighted by atomic mass is 35.5. The number of carbonyl (C=O) groups excluding carboxylic acids is 2. The number of hydrogen-bond donors (Lipinski definition) is 1. The molecule has 0 saturated heterocycles. The average Bonchev–Trinajstić information content (AvgIpc) is 2.89. The number of nitro benzene ring substituents is 1. The van der Waals surface area contributed by atoms with Crippen LogP contribution in [0.5, 0.6) is 11.5 Å². The number of pyridine rings is 1. The van der Waals surface area contributed by atoms with Gasteiger partial charge in [0.15, 0.2) is 12.3 Å². The fraction of sp³-hybridized carbons (Fsp3) is 0.167. The maximum absolute atomic E-state index is 12.7. The Hall–Kier alpha value is -4.14. The van der Waals surface area contributed by atoms with E-state index in [1.165, 1.54) is 19.1 Å². The number of alkyl halides is 3. The first-order chi connectivity index (χ1) is 19.1. The normalized spacial score (nSPS) is 10.6. The van der Waals surface area contributed by atoms with Gasteiger partial charge in [0.1, 0.15) is 22.2 Å². The standard InChI is InChI=1S/C18H13ClF3NO7.C6H3Cl2NO2/c1-2-28-16(24)9-29-17(25)12-8-11(4-5-14(12)23(26)27)30-15-6-3-10(7-13(15)19)18(20,21)22;7-3-1-2-4(8)9-5(3)6(10)11/h3-8H,2,9H2,1H3;1-2H,(H,10,11). The molecule has 0 amide bonds. The van der Waals surface area contributed by atoms with Crippen LogP contribution >= 0.6 is 34.8 Å². The smallest absolute Gasteiger partial charge is 0.416 e. The summed E-state index contributed by atoms with van der Waals surface area (Å²) in [7, 11) is 0. The summed E-state index contributed by atoms with van der Waals surface area (Å²) in [5.41, 5.74) is -2.38. The Morgan fingerprint density at radius 3 is 2.22 bits per heavy atom. The first-order valence-electron chi connectivity index (χ1n) is 10.8. The molecule has 0 bridgehead atoms. The third-order valence-electron chi connectivity index (χ3n) is 4.51. The molecule has 11 nitrogen and oxygen atoms in total. The Morgan fingerprint density at radius 1 is 1.00 bits per heavy atom. The summed E-state index contributed by atoms with van der Waals surface area (Å²) in [6.07, 6.45) is -4.61. The van der Waals surface area contributed by atoms with Crippen molar-refractivity contribution in [2.75, 3.05) is 13.2 Å². The van der Waals surface area contributed by atoms with E-state index in [0.29, 0.717) is 6.07 Å². The van der Waals surface area contributed by atoms with Gasteiger partial charge in [-0.3, -0.25) is 10.1 Å². The number of rotatable bonds is 8. The third-order valence-corrected chi connectivity index (χ3v) is 5.32. The number of nitrogens with zero attached hydrogens (tertiary/aromatic N) is 2. The second kappa shape index (κ2) is 14.5. The van der Waals surface area contributed by atoms with E-state index in [4.69, 9.17) is 49.4 Å². The van der Waals surface area contributed by atoms with Crippen molar-refractivity contribution < 1.29 is 51.8 Å². The molecule has 0 atom stereocenters. The number of ether oxygens (including phenoxy) is 3. The van der Waals surface area contributed by atoms with Crippen molar-refractivity contribution in [1.29, 1.82) is 0 Å². The van der Waals surface area contributed by atoms with E-state index < -0.39 is 52.4 Å². The molecular weight excluding hydrogens is 624 g/mol. The first-order valence-corrected chi connectivity index (χ1v) is 12.0. The predicted molar refractivity (Wildman–Crippen MR) is 138 cm³/mol. The minimum atomic E-state index is -4.61. The number of esters is 2. The molecule has 218 valence electrons. The number of carbonyl (C=O) groups is 3. The second-order valence-corrected chi connectivity index (χ2v) is 8.53. The summed E-state index contributed by atoms with van der Waals surface area (Å²) in [5, 5.41) is 19.5. The molecule has 0 spiro atoms. The Bertz CT molecular complexity index is 1470. The van der Waals surface area contributed by atoms with Crippen LogP contribution in [-0.4, -0.2) is 46.1 Å². The Labute approximate surface area is 243 Å². The number of halogens is 6. The summed E-state index contributed by atoms with van der Waals surface area (Å²) in [4.78, 5) is 47.6. The predicted octanol–water partition coefficient (Wildman–Crippen LogP) is 6.87. The van der Waals surface area contributed by atoms with Crippen LogP contribution in [0.25, 0.3) is 0 Å². The second-order valence-electron chi connectivity index (χ2n) is 7.33. The van der Waals surface area contributed by atoms with Gasteiger partial charge in [0.2, 0.25) is 0 Å². The molecule has 3 aromatic rings. The lowest BCUT2D eigenvalue weighted by atomic mass is 10.1. The molecule has 1 heterocycles. The van der Waals surface area contributed by atoms with Gasteiger partial charge in [0.05, 0.1) is 27.1 Å². The van der Waals surface area contributed by atoms with Gasteiger partial charge >= 0.3 is 24.1 Å². The fourth-order valence-corrected chi connectivity index (χ4v) is 3.31. The van der Waals surface area contributed by atoms with Gasteiger partial charge in [-0.2, -0.15) is 13.2 Å². The lowest BCUT2D eigenvalue weighted by Crippen LogP contribution is -2.17. The van der Waals surface area contributed by atoms with Crippen molar-refractivity contribution in [2.45, 2.75) is 13.1 Å². The van der Waals surface area contributed by atoms with E-state index in [-0.39, 0.29) is 39.0 Å². The van der Waals surface area contributed by atoms with E-state index in [1.807, 2.05) is 0 Å². The van der Waals surface area contributed by atoms with Crippen LogP contribution in [0.1, 0.15) is 33.3 Å². The number of benzene rings is 2. The summed E-state index contributed by atoms with van der Waals surface area (Å²) in [6.45, 7) is 0.825. The molecule has 0 aliphatic carbocycles. The zero-order valence-corrected chi connectivity index (χ0v) is 22.7. The van der Waals surface area contributed by atoms with E-state index in [1.54, 1.807) is 0 Å².